The molecule has 0 radical (unpaired) electrons. The molecule has 2 aromatic rings. The molecule has 1 atom stereocenters. The summed E-state index contributed by atoms with van der Waals surface area (Å²) in [6.45, 7) is 3.39. The molecular weight excluding hydrogens is 384 g/mol. The molecule has 1 heterocycles. The van der Waals surface area contributed by atoms with E-state index in [1.165, 1.54) is 0 Å². The molecule has 0 aromatic heterocycles. The monoisotopic (exact) mass is 412 g/mol. The van der Waals surface area contributed by atoms with Crippen LogP contribution in [0.2, 0.25) is 0 Å². The Bertz CT molecular complexity index is 882. The molecule has 1 aliphatic rings. The third-order valence-corrected chi connectivity index (χ3v) is 5.12. The SMILES string of the molecule is CCOc1ccc(N2C[C@@H](C(=O)NCCc3ccc(OC)c(OC)c3)CC2=O)cc1. The smallest absolute Gasteiger partial charge is 0.227 e. The fourth-order valence-electron chi connectivity index (χ4n) is 3.53. The molecule has 2 amide bonds. The molecule has 7 nitrogen and oxygen atoms in total. The molecule has 3 rings (SSSR count). The van der Waals surface area contributed by atoms with Gasteiger partial charge in [-0.05, 0) is 55.3 Å². The quantitative estimate of drug-likeness (QED) is 0.685. The van der Waals surface area contributed by atoms with Crippen molar-refractivity contribution in [1.82, 2.24) is 5.32 Å². The van der Waals surface area contributed by atoms with Crippen molar-refractivity contribution >= 4 is 17.5 Å². The molecule has 0 bridgehead atoms. The zero-order valence-corrected chi connectivity index (χ0v) is 17.6. The van der Waals surface area contributed by atoms with Gasteiger partial charge < -0.3 is 24.4 Å². The van der Waals surface area contributed by atoms with Crippen LogP contribution in [0.1, 0.15) is 18.9 Å². The Hall–Kier alpha value is -3.22. The van der Waals surface area contributed by atoms with Crippen LogP contribution in [0, 0.1) is 5.92 Å². The minimum absolute atomic E-state index is 0.0424. The summed E-state index contributed by atoms with van der Waals surface area (Å²) in [5, 5.41) is 2.95. The number of benzene rings is 2. The van der Waals surface area contributed by atoms with E-state index in [2.05, 4.69) is 5.32 Å². The lowest BCUT2D eigenvalue weighted by Gasteiger charge is -2.17. The number of hydrogen-bond donors (Lipinski definition) is 1. The first kappa shape index (κ1) is 21.5. The van der Waals surface area contributed by atoms with Gasteiger partial charge in [-0.3, -0.25) is 9.59 Å². The van der Waals surface area contributed by atoms with Gasteiger partial charge in [-0.2, -0.15) is 0 Å². The van der Waals surface area contributed by atoms with E-state index in [4.69, 9.17) is 14.2 Å². The number of amides is 2. The summed E-state index contributed by atoms with van der Waals surface area (Å²) in [5.41, 5.74) is 1.82. The van der Waals surface area contributed by atoms with Crippen molar-refractivity contribution in [2.45, 2.75) is 19.8 Å². The van der Waals surface area contributed by atoms with Gasteiger partial charge in [0, 0.05) is 25.2 Å². The highest BCUT2D eigenvalue weighted by Gasteiger charge is 2.34. The van der Waals surface area contributed by atoms with Crippen molar-refractivity contribution in [2.24, 2.45) is 5.92 Å². The maximum absolute atomic E-state index is 12.6. The molecule has 1 aliphatic heterocycles. The molecule has 1 fully saturated rings. The van der Waals surface area contributed by atoms with Crippen LogP contribution in [0.15, 0.2) is 42.5 Å². The number of methoxy groups -OCH3 is 2. The van der Waals surface area contributed by atoms with E-state index in [1.807, 2.05) is 49.4 Å². The molecule has 2 aromatic carbocycles. The van der Waals surface area contributed by atoms with Crippen LogP contribution in [0.3, 0.4) is 0 Å². The van der Waals surface area contributed by atoms with Crippen molar-refractivity contribution < 1.29 is 23.8 Å². The molecule has 7 heteroatoms. The Balaban J connectivity index is 1.52. The van der Waals surface area contributed by atoms with E-state index in [0.29, 0.717) is 37.6 Å². The van der Waals surface area contributed by atoms with Gasteiger partial charge in [0.15, 0.2) is 11.5 Å². The highest BCUT2D eigenvalue weighted by molar-refractivity contribution is 6.00. The first-order valence-corrected chi connectivity index (χ1v) is 10.1. The second-order valence-corrected chi connectivity index (χ2v) is 7.06. The van der Waals surface area contributed by atoms with Gasteiger partial charge in [-0.15, -0.1) is 0 Å². The maximum Gasteiger partial charge on any atom is 0.227 e. The van der Waals surface area contributed by atoms with Gasteiger partial charge in [-0.1, -0.05) is 6.07 Å². The predicted molar refractivity (Wildman–Crippen MR) is 114 cm³/mol. The standard InChI is InChI=1S/C23H28N2O5/c1-4-30-19-8-6-18(7-9-19)25-15-17(14-22(25)26)23(27)24-12-11-16-5-10-20(28-2)21(13-16)29-3/h5-10,13,17H,4,11-12,14-15H2,1-3H3,(H,24,27)/t17-/m0/s1. The van der Waals surface area contributed by atoms with Gasteiger partial charge in [-0.25, -0.2) is 0 Å². The third-order valence-electron chi connectivity index (χ3n) is 5.12. The van der Waals surface area contributed by atoms with Crippen molar-refractivity contribution in [2.75, 3.05) is 38.8 Å². The number of carbonyl (C=O) groups excluding carboxylic acids is 2. The average Bonchev–Trinajstić information content (AvgIpc) is 3.16. The van der Waals surface area contributed by atoms with Crippen molar-refractivity contribution in [1.29, 1.82) is 0 Å². The summed E-state index contributed by atoms with van der Waals surface area (Å²) in [5.74, 6) is 1.60. The summed E-state index contributed by atoms with van der Waals surface area (Å²) in [6.07, 6.45) is 0.880. The zero-order valence-electron chi connectivity index (χ0n) is 17.6. The van der Waals surface area contributed by atoms with Crippen LogP contribution in [0.4, 0.5) is 5.69 Å². The highest BCUT2D eigenvalue weighted by Crippen LogP contribution is 2.28. The number of rotatable bonds is 9. The number of hydrogen-bond acceptors (Lipinski definition) is 5. The minimum Gasteiger partial charge on any atom is -0.494 e. The summed E-state index contributed by atoms with van der Waals surface area (Å²) in [6, 6.07) is 13.1. The Kier molecular flexibility index (Phi) is 7.17. The highest BCUT2D eigenvalue weighted by atomic mass is 16.5. The summed E-state index contributed by atoms with van der Waals surface area (Å²) >= 11 is 0. The van der Waals surface area contributed by atoms with Crippen LogP contribution < -0.4 is 24.4 Å². The topological polar surface area (TPSA) is 77.1 Å². The third kappa shape index (κ3) is 5.03. The number of nitrogens with one attached hydrogen (secondary N) is 1. The minimum atomic E-state index is -0.352. The van der Waals surface area contributed by atoms with Crippen LogP contribution in [-0.4, -0.2) is 45.7 Å². The van der Waals surface area contributed by atoms with Gasteiger partial charge in [0.1, 0.15) is 5.75 Å². The van der Waals surface area contributed by atoms with E-state index < -0.39 is 0 Å². The van der Waals surface area contributed by atoms with Gasteiger partial charge >= 0.3 is 0 Å². The fourth-order valence-corrected chi connectivity index (χ4v) is 3.53. The molecule has 1 saturated heterocycles. The van der Waals surface area contributed by atoms with Crippen molar-refractivity contribution in [3.8, 4) is 17.2 Å². The lowest BCUT2D eigenvalue weighted by atomic mass is 10.1. The van der Waals surface area contributed by atoms with Crippen LogP contribution >= 0.6 is 0 Å². The van der Waals surface area contributed by atoms with Crippen LogP contribution in [-0.2, 0) is 16.0 Å². The van der Waals surface area contributed by atoms with E-state index in [0.717, 1.165) is 17.0 Å². The lowest BCUT2D eigenvalue weighted by Crippen LogP contribution is -2.34. The van der Waals surface area contributed by atoms with E-state index >= 15 is 0 Å². The van der Waals surface area contributed by atoms with Gasteiger partial charge in [0.2, 0.25) is 11.8 Å². The van der Waals surface area contributed by atoms with Crippen molar-refractivity contribution in [3.05, 3.63) is 48.0 Å². The largest absolute Gasteiger partial charge is 0.494 e. The van der Waals surface area contributed by atoms with Crippen LogP contribution in [0.25, 0.3) is 0 Å². The normalized spacial score (nSPS) is 15.8. The molecule has 1 N–H and O–H groups in total. The first-order chi connectivity index (χ1) is 14.5. The maximum atomic E-state index is 12.6. The first-order valence-electron chi connectivity index (χ1n) is 10.1. The Morgan fingerprint density at radius 3 is 2.50 bits per heavy atom. The molecule has 0 spiro atoms. The Morgan fingerprint density at radius 2 is 1.83 bits per heavy atom. The van der Waals surface area contributed by atoms with Crippen molar-refractivity contribution in [3.63, 3.8) is 0 Å². The van der Waals surface area contributed by atoms with Gasteiger partial charge in [0.25, 0.3) is 0 Å². The number of carbonyl (C=O) groups is 2. The predicted octanol–water partition coefficient (Wildman–Crippen LogP) is 2.81. The lowest BCUT2D eigenvalue weighted by molar-refractivity contribution is -0.126. The van der Waals surface area contributed by atoms with E-state index in [-0.39, 0.29) is 24.2 Å². The molecule has 0 unspecified atom stereocenters. The Morgan fingerprint density at radius 1 is 1.10 bits per heavy atom. The molecule has 30 heavy (non-hydrogen) atoms. The molecular formula is C23H28N2O5. The summed E-state index contributed by atoms with van der Waals surface area (Å²) < 4.78 is 16.0. The molecule has 0 saturated carbocycles. The average molecular weight is 412 g/mol. The summed E-state index contributed by atoms with van der Waals surface area (Å²) in [7, 11) is 3.19. The number of ether oxygens (including phenoxy) is 3. The zero-order chi connectivity index (χ0) is 21.5. The fraction of sp³-hybridized carbons (Fsp3) is 0.391. The molecule has 0 aliphatic carbocycles. The molecule has 160 valence electrons. The number of nitrogens with zero attached hydrogens (tertiary/aromatic N) is 1. The summed E-state index contributed by atoms with van der Waals surface area (Å²) in [4.78, 5) is 26.6. The number of anilines is 1. The Labute approximate surface area is 176 Å². The second-order valence-electron chi connectivity index (χ2n) is 7.06. The van der Waals surface area contributed by atoms with Gasteiger partial charge in [0.05, 0.1) is 26.7 Å². The van der Waals surface area contributed by atoms with E-state index in [1.54, 1.807) is 19.1 Å². The second kappa shape index (κ2) is 10.0. The van der Waals surface area contributed by atoms with E-state index in [9.17, 15) is 9.59 Å². The van der Waals surface area contributed by atoms with Crippen LogP contribution in [0.5, 0.6) is 17.2 Å².